The maximum absolute atomic E-state index is 11.8. The first-order valence-electron chi connectivity index (χ1n) is 4.21. The van der Waals surface area contributed by atoms with Gasteiger partial charge in [-0.25, -0.2) is 0 Å². The topological polar surface area (TPSA) is 37.3 Å². The molecule has 0 aromatic heterocycles. The van der Waals surface area contributed by atoms with Crippen LogP contribution in [0.1, 0.15) is 33.6 Å². The Bertz CT molecular complexity index is 142. The molecule has 2 nitrogen and oxygen atoms in total. The van der Waals surface area contributed by atoms with E-state index in [2.05, 4.69) is 0 Å². The summed E-state index contributed by atoms with van der Waals surface area (Å²) in [6, 6.07) is 0. The van der Waals surface area contributed by atoms with E-state index in [0.717, 1.165) is 6.42 Å². The Morgan fingerprint density at radius 3 is 2.09 bits per heavy atom. The van der Waals surface area contributed by atoms with Gasteiger partial charge in [-0.05, 0) is 19.5 Å². The van der Waals surface area contributed by atoms with Crippen LogP contribution in [0.3, 0.4) is 0 Å². The van der Waals surface area contributed by atoms with Crippen molar-refractivity contribution in [3.05, 3.63) is 0 Å². The van der Waals surface area contributed by atoms with Crippen molar-refractivity contribution in [2.45, 2.75) is 45.1 Å². The molecule has 0 spiro atoms. The number of aliphatic hydroxyl groups is 1. The van der Waals surface area contributed by atoms with Crippen molar-refractivity contribution in [2.24, 2.45) is 0 Å². The molecule has 0 aromatic rings. The highest BCUT2D eigenvalue weighted by atomic mass is 31.2. The quantitative estimate of drug-likeness (QED) is 0.671. The lowest BCUT2D eigenvalue weighted by Gasteiger charge is -2.23. The van der Waals surface area contributed by atoms with Gasteiger partial charge in [0.05, 0.1) is 0 Å². The second kappa shape index (κ2) is 4.27. The van der Waals surface area contributed by atoms with Gasteiger partial charge in [0.25, 0.3) is 0 Å². The fraction of sp³-hybridized carbons (Fsp3) is 1.00. The SMILES string of the molecule is CCC(C)P(C)(=O)C(O)CC. The molecule has 0 saturated heterocycles. The largest absolute Gasteiger partial charge is 0.385 e. The first-order valence-corrected chi connectivity index (χ1v) is 6.50. The molecule has 0 aliphatic heterocycles. The summed E-state index contributed by atoms with van der Waals surface area (Å²) >= 11 is 0. The lowest BCUT2D eigenvalue weighted by atomic mass is 10.4. The highest BCUT2D eigenvalue weighted by Gasteiger charge is 2.29. The zero-order valence-corrected chi connectivity index (χ0v) is 8.77. The van der Waals surface area contributed by atoms with Crippen molar-refractivity contribution >= 4 is 7.14 Å². The van der Waals surface area contributed by atoms with Gasteiger partial charge >= 0.3 is 0 Å². The minimum Gasteiger partial charge on any atom is -0.385 e. The number of rotatable bonds is 4. The van der Waals surface area contributed by atoms with Crippen LogP contribution >= 0.6 is 7.14 Å². The van der Waals surface area contributed by atoms with E-state index in [9.17, 15) is 9.67 Å². The van der Waals surface area contributed by atoms with Crippen molar-refractivity contribution in [1.29, 1.82) is 0 Å². The maximum atomic E-state index is 11.8. The van der Waals surface area contributed by atoms with Gasteiger partial charge in [-0.15, -0.1) is 0 Å². The molecule has 0 aromatic carbocycles. The number of hydrogen-bond donors (Lipinski definition) is 1. The molecule has 0 fully saturated rings. The Morgan fingerprint density at radius 1 is 1.36 bits per heavy atom. The van der Waals surface area contributed by atoms with E-state index in [1.54, 1.807) is 6.66 Å². The normalized spacial score (nSPS) is 22.3. The van der Waals surface area contributed by atoms with Gasteiger partial charge in [-0.1, -0.05) is 20.8 Å². The predicted molar refractivity (Wildman–Crippen MR) is 49.6 cm³/mol. The third-order valence-electron chi connectivity index (χ3n) is 2.42. The van der Waals surface area contributed by atoms with Gasteiger partial charge < -0.3 is 9.67 Å². The van der Waals surface area contributed by atoms with Crippen molar-refractivity contribution in [3.63, 3.8) is 0 Å². The van der Waals surface area contributed by atoms with Crippen molar-refractivity contribution in [2.75, 3.05) is 6.66 Å². The summed E-state index contributed by atoms with van der Waals surface area (Å²) in [6.07, 6.45) is 1.48. The van der Waals surface area contributed by atoms with E-state index in [-0.39, 0.29) is 5.66 Å². The smallest absolute Gasteiger partial charge is 0.114 e. The molecular formula is C8H19O2P. The van der Waals surface area contributed by atoms with Crippen LogP contribution < -0.4 is 0 Å². The third kappa shape index (κ3) is 2.61. The van der Waals surface area contributed by atoms with Gasteiger partial charge in [-0.2, -0.15) is 0 Å². The highest BCUT2D eigenvalue weighted by molar-refractivity contribution is 7.64. The first kappa shape index (κ1) is 11.2. The summed E-state index contributed by atoms with van der Waals surface area (Å²) in [4.78, 5) is 0. The Kier molecular flexibility index (Phi) is 4.35. The van der Waals surface area contributed by atoms with Crippen LogP contribution in [0, 0.1) is 0 Å². The average Bonchev–Trinajstić information content (AvgIpc) is 2.01. The van der Waals surface area contributed by atoms with Crippen LogP contribution in [-0.2, 0) is 4.57 Å². The molecule has 0 aliphatic rings. The van der Waals surface area contributed by atoms with Gasteiger partial charge in [0.2, 0.25) is 0 Å². The Morgan fingerprint density at radius 2 is 1.82 bits per heavy atom. The number of hydrogen-bond acceptors (Lipinski definition) is 2. The average molecular weight is 178 g/mol. The van der Waals surface area contributed by atoms with Crippen LogP contribution in [0.2, 0.25) is 0 Å². The Balaban J connectivity index is 4.32. The molecule has 0 radical (unpaired) electrons. The molecule has 0 amide bonds. The number of aliphatic hydroxyl groups excluding tert-OH is 1. The van der Waals surface area contributed by atoms with Crippen molar-refractivity contribution in [3.8, 4) is 0 Å². The van der Waals surface area contributed by atoms with Crippen LogP contribution in [0.5, 0.6) is 0 Å². The molecule has 0 saturated carbocycles. The van der Waals surface area contributed by atoms with Crippen LogP contribution in [0.25, 0.3) is 0 Å². The summed E-state index contributed by atoms with van der Waals surface area (Å²) in [5.41, 5.74) is 0.150. The van der Waals surface area contributed by atoms with Crippen LogP contribution in [0.4, 0.5) is 0 Å². The van der Waals surface area contributed by atoms with Gasteiger partial charge in [-0.3, -0.25) is 0 Å². The van der Waals surface area contributed by atoms with E-state index in [1.165, 1.54) is 0 Å². The molecule has 3 unspecified atom stereocenters. The minimum absolute atomic E-state index is 0.150. The molecule has 1 N–H and O–H groups in total. The molecule has 3 heteroatoms. The first-order chi connectivity index (χ1) is 4.96. The van der Waals surface area contributed by atoms with Gasteiger partial charge in [0.15, 0.2) is 0 Å². The molecular weight excluding hydrogens is 159 g/mol. The van der Waals surface area contributed by atoms with Gasteiger partial charge in [0, 0.05) is 5.66 Å². The lowest BCUT2D eigenvalue weighted by Crippen LogP contribution is -2.14. The summed E-state index contributed by atoms with van der Waals surface area (Å²) in [7, 11) is -2.32. The zero-order chi connectivity index (χ0) is 9.07. The summed E-state index contributed by atoms with van der Waals surface area (Å²) in [5, 5.41) is 9.42. The summed E-state index contributed by atoms with van der Waals surface area (Å²) in [5.74, 6) is -0.600. The van der Waals surface area contributed by atoms with Crippen molar-refractivity contribution < 1.29 is 9.67 Å². The predicted octanol–water partition coefficient (Wildman–Crippen LogP) is 2.51. The summed E-state index contributed by atoms with van der Waals surface area (Å²) < 4.78 is 11.8. The fourth-order valence-corrected chi connectivity index (χ4v) is 3.06. The van der Waals surface area contributed by atoms with E-state index < -0.39 is 13.0 Å². The van der Waals surface area contributed by atoms with Gasteiger partial charge in [0.1, 0.15) is 13.0 Å². The standard InChI is InChI=1S/C8H19O2P/c1-5-7(3)11(4,10)8(9)6-2/h7-9H,5-6H2,1-4H3. The second-order valence-corrected chi connectivity index (χ2v) is 6.80. The van der Waals surface area contributed by atoms with Crippen molar-refractivity contribution in [1.82, 2.24) is 0 Å². The molecule has 3 atom stereocenters. The molecule has 68 valence electrons. The zero-order valence-electron chi connectivity index (χ0n) is 7.87. The molecule has 0 bridgehead atoms. The monoisotopic (exact) mass is 178 g/mol. The second-order valence-electron chi connectivity index (χ2n) is 3.20. The molecule has 11 heavy (non-hydrogen) atoms. The molecule has 0 aliphatic carbocycles. The minimum atomic E-state index is -2.32. The molecule has 0 heterocycles. The summed E-state index contributed by atoms with van der Waals surface area (Å²) in [6.45, 7) is 7.52. The third-order valence-corrected chi connectivity index (χ3v) is 6.09. The van der Waals surface area contributed by atoms with E-state index in [4.69, 9.17) is 0 Å². The highest BCUT2D eigenvalue weighted by Crippen LogP contribution is 2.52. The Hall–Kier alpha value is 0.190. The molecule has 0 rings (SSSR count). The van der Waals surface area contributed by atoms with Crippen LogP contribution in [0.15, 0.2) is 0 Å². The van der Waals surface area contributed by atoms with Crippen LogP contribution in [-0.4, -0.2) is 23.3 Å². The Labute approximate surface area is 69.4 Å². The van der Waals surface area contributed by atoms with E-state index in [0.29, 0.717) is 6.42 Å². The fourth-order valence-electron chi connectivity index (χ4n) is 1.02. The van der Waals surface area contributed by atoms with E-state index in [1.807, 2.05) is 20.8 Å². The maximum Gasteiger partial charge on any atom is 0.114 e. The lowest BCUT2D eigenvalue weighted by molar-refractivity contribution is 0.242. The van der Waals surface area contributed by atoms with E-state index >= 15 is 0 Å².